The minimum Gasteiger partial charge on any atom is -0.479 e. The molecule has 1 fully saturated rings. The van der Waals surface area contributed by atoms with Gasteiger partial charge in [0.2, 0.25) is 0 Å². The normalized spacial score (nSPS) is 17.4. The van der Waals surface area contributed by atoms with E-state index in [2.05, 4.69) is 4.74 Å². The monoisotopic (exact) mass is 217 g/mol. The second-order valence-electron chi connectivity index (χ2n) is 2.95. The molecule has 0 aromatic heterocycles. The van der Waals surface area contributed by atoms with Crippen molar-refractivity contribution >= 4 is 18.0 Å². The summed E-state index contributed by atoms with van der Waals surface area (Å²) in [7, 11) is 0. The lowest BCUT2D eigenvalue weighted by molar-refractivity contribution is -0.152. The first-order valence-corrected chi connectivity index (χ1v) is 4.34. The molecule has 84 valence electrons. The number of hydrogen-bond acceptors (Lipinski definition) is 5. The number of carbonyl (C=O) groups excluding carboxylic acids is 2. The van der Waals surface area contributed by atoms with Crippen LogP contribution in [0, 0.1) is 0 Å². The van der Waals surface area contributed by atoms with Gasteiger partial charge in [0.15, 0.2) is 6.10 Å². The van der Waals surface area contributed by atoms with Gasteiger partial charge in [0.25, 0.3) is 5.91 Å². The molecule has 2 amide bonds. The highest BCUT2D eigenvalue weighted by Crippen LogP contribution is 2.04. The first kappa shape index (κ1) is 11.4. The number of carboxylic acid groups (broad SMARTS) is 1. The smallest absolute Gasteiger partial charge is 0.416 e. The molecule has 0 aromatic rings. The molecule has 0 aliphatic carbocycles. The molecule has 7 nitrogen and oxygen atoms in total. The van der Waals surface area contributed by atoms with Gasteiger partial charge in [-0.15, -0.1) is 0 Å². The SMILES string of the molecule is C[C@@H](OCC(=O)N1CCOC1=O)C(=O)O. The van der Waals surface area contributed by atoms with Gasteiger partial charge < -0.3 is 14.6 Å². The number of cyclic esters (lactones) is 1. The maximum absolute atomic E-state index is 11.3. The van der Waals surface area contributed by atoms with Gasteiger partial charge in [0.1, 0.15) is 13.2 Å². The summed E-state index contributed by atoms with van der Waals surface area (Å²) in [4.78, 5) is 33.4. The van der Waals surface area contributed by atoms with Gasteiger partial charge in [0, 0.05) is 0 Å². The predicted molar refractivity (Wildman–Crippen MR) is 46.1 cm³/mol. The van der Waals surface area contributed by atoms with Crippen LogP contribution in [0.5, 0.6) is 0 Å². The molecule has 0 saturated carbocycles. The number of rotatable bonds is 4. The summed E-state index contributed by atoms with van der Waals surface area (Å²) in [5.41, 5.74) is 0. The fourth-order valence-corrected chi connectivity index (χ4v) is 0.965. The average Bonchev–Trinajstić information content (AvgIpc) is 2.60. The highest BCUT2D eigenvalue weighted by atomic mass is 16.6. The molecule has 0 aromatic carbocycles. The number of carbonyl (C=O) groups is 3. The summed E-state index contributed by atoms with van der Waals surface area (Å²) in [6.07, 6.45) is -1.79. The second kappa shape index (κ2) is 4.74. The molecule has 15 heavy (non-hydrogen) atoms. The molecule has 0 spiro atoms. The number of imide groups is 1. The third-order valence-corrected chi connectivity index (χ3v) is 1.87. The van der Waals surface area contributed by atoms with E-state index in [1.165, 1.54) is 6.92 Å². The molecule has 0 unspecified atom stereocenters. The number of nitrogens with zero attached hydrogens (tertiary/aromatic N) is 1. The van der Waals surface area contributed by atoms with Gasteiger partial charge in [-0.05, 0) is 6.92 Å². The third-order valence-electron chi connectivity index (χ3n) is 1.87. The Bertz CT molecular complexity index is 289. The molecule has 7 heteroatoms. The van der Waals surface area contributed by atoms with Crippen LogP contribution in [0.15, 0.2) is 0 Å². The summed E-state index contributed by atoms with van der Waals surface area (Å²) in [5, 5.41) is 8.47. The summed E-state index contributed by atoms with van der Waals surface area (Å²) < 4.78 is 9.26. The van der Waals surface area contributed by atoms with Crippen LogP contribution < -0.4 is 0 Å². The first-order chi connectivity index (χ1) is 7.02. The van der Waals surface area contributed by atoms with Crippen LogP contribution in [0.1, 0.15) is 6.92 Å². The fraction of sp³-hybridized carbons (Fsp3) is 0.625. The Balaban J connectivity index is 2.36. The van der Waals surface area contributed by atoms with Gasteiger partial charge in [0.05, 0.1) is 6.54 Å². The molecule has 1 atom stereocenters. The minimum atomic E-state index is -1.16. The second-order valence-corrected chi connectivity index (χ2v) is 2.95. The molecule has 0 radical (unpaired) electrons. The van der Waals surface area contributed by atoms with Gasteiger partial charge >= 0.3 is 12.1 Å². The van der Waals surface area contributed by atoms with Crippen molar-refractivity contribution in [3.63, 3.8) is 0 Å². The molecule has 1 heterocycles. The predicted octanol–water partition coefficient (Wildman–Crippen LogP) is -0.545. The molecule has 0 bridgehead atoms. The number of carboxylic acids is 1. The number of amides is 2. The van der Waals surface area contributed by atoms with Gasteiger partial charge in [-0.2, -0.15) is 0 Å². The summed E-state index contributed by atoms with van der Waals surface area (Å²) in [6.45, 7) is 1.21. The van der Waals surface area contributed by atoms with Crippen molar-refractivity contribution in [1.82, 2.24) is 4.90 Å². The standard InChI is InChI=1S/C8H11NO6/c1-5(7(11)12)15-4-6(10)9-2-3-14-8(9)13/h5H,2-4H2,1H3,(H,11,12)/t5-/m1/s1. The molecule has 1 N–H and O–H groups in total. The third kappa shape index (κ3) is 2.91. The lowest BCUT2D eigenvalue weighted by atomic mass is 10.4. The van der Waals surface area contributed by atoms with Crippen molar-refractivity contribution in [2.75, 3.05) is 19.8 Å². The van der Waals surface area contributed by atoms with Gasteiger partial charge in [-0.3, -0.25) is 4.79 Å². The molecule has 1 aliphatic heterocycles. The quantitative estimate of drug-likeness (QED) is 0.679. The van der Waals surface area contributed by atoms with Crippen LogP contribution in [-0.2, 0) is 19.1 Å². The zero-order valence-corrected chi connectivity index (χ0v) is 8.13. The largest absolute Gasteiger partial charge is 0.479 e. The Labute approximate surface area is 85.6 Å². The van der Waals surface area contributed by atoms with E-state index in [1.54, 1.807) is 0 Å². The Morgan fingerprint density at radius 3 is 2.80 bits per heavy atom. The van der Waals surface area contributed by atoms with Crippen molar-refractivity contribution in [3.8, 4) is 0 Å². The Morgan fingerprint density at radius 1 is 1.67 bits per heavy atom. The molecule has 1 rings (SSSR count). The Hall–Kier alpha value is -1.63. The molecule has 1 saturated heterocycles. The van der Waals surface area contributed by atoms with E-state index in [4.69, 9.17) is 9.84 Å². The summed E-state index contributed by atoms with van der Waals surface area (Å²) in [6, 6.07) is 0. The van der Waals surface area contributed by atoms with Crippen molar-refractivity contribution in [3.05, 3.63) is 0 Å². The van der Waals surface area contributed by atoms with E-state index in [-0.39, 0.29) is 13.2 Å². The molecular weight excluding hydrogens is 206 g/mol. The molecular formula is C8H11NO6. The zero-order chi connectivity index (χ0) is 11.4. The number of aliphatic carboxylic acids is 1. The van der Waals surface area contributed by atoms with Gasteiger partial charge in [-0.1, -0.05) is 0 Å². The van der Waals surface area contributed by atoms with Crippen molar-refractivity contribution in [1.29, 1.82) is 0 Å². The maximum atomic E-state index is 11.3. The van der Waals surface area contributed by atoms with Crippen LogP contribution in [-0.4, -0.2) is 53.8 Å². The average molecular weight is 217 g/mol. The van der Waals surface area contributed by atoms with Crippen LogP contribution >= 0.6 is 0 Å². The number of hydrogen-bond donors (Lipinski definition) is 1. The number of ether oxygens (including phenoxy) is 2. The van der Waals surface area contributed by atoms with Crippen LogP contribution in [0.2, 0.25) is 0 Å². The van der Waals surface area contributed by atoms with Crippen molar-refractivity contribution in [2.45, 2.75) is 13.0 Å². The van der Waals surface area contributed by atoms with Crippen LogP contribution in [0.25, 0.3) is 0 Å². The van der Waals surface area contributed by atoms with Crippen LogP contribution in [0.4, 0.5) is 4.79 Å². The highest BCUT2D eigenvalue weighted by Gasteiger charge is 2.28. The van der Waals surface area contributed by atoms with E-state index in [1.807, 2.05) is 0 Å². The first-order valence-electron chi connectivity index (χ1n) is 4.34. The summed E-state index contributed by atoms with van der Waals surface area (Å²) >= 11 is 0. The van der Waals surface area contributed by atoms with Crippen molar-refractivity contribution < 1.29 is 29.0 Å². The highest BCUT2D eigenvalue weighted by molar-refractivity contribution is 5.93. The maximum Gasteiger partial charge on any atom is 0.416 e. The zero-order valence-electron chi connectivity index (χ0n) is 8.13. The van der Waals surface area contributed by atoms with Crippen LogP contribution in [0.3, 0.4) is 0 Å². The lowest BCUT2D eigenvalue weighted by Crippen LogP contribution is -2.36. The van der Waals surface area contributed by atoms with E-state index >= 15 is 0 Å². The lowest BCUT2D eigenvalue weighted by Gasteiger charge is -2.12. The van der Waals surface area contributed by atoms with E-state index in [0.717, 1.165) is 4.90 Å². The molecule has 1 aliphatic rings. The fourth-order valence-electron chi connectivity index (χ4n) is 0.965. The van der Waals surface area contributed by atoms with Crippen molar-refractivity contribution in [2.24, 2.45) is 0 Å². The topological polar surface area (TPSA) is 93.1 Å². The Kier molecular flexibility index (Phi) is 3.62. The minimum absolute atomic E-state index is 0.166. The van der Waals surface area contributed by atoms with Gasteiger partial charge in [-0.25, -0.2) is 14.5 Å². The van der Waals surface area contributed by atoms with E-state index < -0.39 is 30.7 Å². The van der Waals surface area contributed by atoms with E-state index in [0.29, 0.717) is 0 Å². The Morgan fingerprint density at radius 2 is 2.33 bits per heavy atom. The van der Waals surface area contributed by atoms with E-state index in [9.17, 15) is 14.4 Å². The summed E-state index contributed by atoms with van der Waals surface area (Å²) in [5.74, 6) is -1.75.